The Bertz CT molecular complexity index is 994. The number of anilines is 2. The van der Waals surface area contributed by atoms with Gasteiger partial charge in [-0.2, -0.15) is 0 Å². The number of fused-ring (bicyclic) bond motifs is 1. The number of benzene rings is 1. The zero-order valence-corrected chi connectivity index (χ0v) is 17.6. The first-order valence-electron chi connectivity index (χ1n) is 9.15. The van der Waals surface area contributed by atoms with Gasteiger partial charge in [-0.3, -0.25) is 4.57 Å². The van der Waals surface area contributed by atoms with Crippen LogP contribution in [0.1, 0.15) is 19.1 Å². The molecule has 0 radical (unpaired) electrons. The molecule has 9 nitrogen and oxygen atoms in total. The quantitative estimate of drug-likeness (QED) is 0.457. The third-order valence-electron chi connectivity index (χ3n) is 4.73. The van der Waals surface area contributed by atoms with Gasteiger partial charge in [0.25, 0.3) is 0 Å². The number of aromatic nitrogens is 4. The summed E-state index contributed by atoms with van der Waals surface area (Å²) in [5, 5.41) is 3.98. The van der Waals surface area contributed by atoms with Crippen molar-refractivity contribution in [1.29, 1.82) is 0 Å². The van der Waals surface area contributed by atoms with E-state index in [0.717, 1.165) is 30.8 Å². The van der Waals surface area contributed by atoms with Crippen LogP contribution in [0, 0.1) is 0 Å². The number of rotatable bonds is 7. The molecule has 0 aliphatic carbocycles. The van der Waals surface area contributed by atoms with E-state index in [-0.39, 0.29) is 6.23 Å². The molecule has 1 fully saturated rings. The summed E-state index contributed by atoms with van der Waals surface area (Å²) in [5.74, 6) is 2.23. The molecule has 1 atom stereocenters. The van der Waals surface area contributed by atoms with Crippen LogP contribution in [0.25, 0.3) is 11.2 Å². The van der Waals surface area contributed by atoms with Crippen LogP contribution < -0.4 is 19.5 Å². The first kappa shape index (κ1) is 19.6. The van der Waals surface area contributed by atoms with Gasteiger partial charge in [-0.15, -0.1) is 0 Å². The highest BCUT2D eigenvalue weighted by Gasteiger charge is 2.23. The van der Waals surface area contributed by atoms with E-state index in [9.17, 15) is 0 Å². The SMILES string of the molecule is COc1cc(Nc2nc(SC)nc3c2ncn3C2CCCO2)cc(OC)c1OC. The molecule has 1 aromatic carbocycles. The van der Waals surface area contributed by atoms with Gasteiger partial charge >= 0.3 is 0 Å². The van der Waals surface area contributed by atoms with Crippen LogP contribution in [0.5, 0.6) is 17.2 Å². The molecule has 10 heteroatoms. The Morgan fingerprint density at radius 2 is 1.90 bits per heavy atom. The Labute approximate surface area is 172 Å². The van der Waals surface area contributed by atoms with Crippen molar-refractivity contribution in [3.8, 4) is 17.2 Å². The van der Waals surface area contributed by atoms with Crippen molar-refractivity contribution in [3.05, 3.63) is 18.5 Å². The van der Waals surface area contributed by atoms with Gasteiger partial charge in [-0.05, 0) is 19.1 Å². The van der Waals surface area contributed by atoms with Crippen LogP contribution in [0.4, 0.5) is 11.5 Å². The van der Waals surface area contributed by atoms with Gasteiger partial charge in [0.15, 0.2) is 33.6 Å². The van der Waals surface area contributed by atoms with Gasteiger partial charge in [0.1, 0.15) is 6.23 Å². The minimum atomic E-state index is -0.0429. The highest BCUT2D eigenvalue weighted by Crippen LogP contribution is 2.41. The van der Waals surface area contributed by atoms with Crippen molar-refractivity contribution in [2.75, 3.05) is 39.5 Å². The maximum Gasteiger partial charge on any atom is 0.203 e. The van der Waals surface area contributed by atoms with E-state index in [1.54, 1.807) is 27.7 Å². The van der Waals surface area contributed by atoms with Crippen molar-refractivity contribution < 1.29 is 18.9 Å². The average Bonchev–Trinajstić information content (AvgIpc) is 3.42. The van der Waals surface area contributed by atoms with Gasteiger partial charge in [0, 0.05) is 24.4 Å². The fourth-order valence-corrected chi connectivity index (χ4v) is 3.72. The highest BCUT2D eigenvalue weighted by atomic mass is 32.2. The van der Waals surface area contributed by atoms with Crippen LogP contribution in [-0.4, -0.2) is 53.7 Å². The number of ether oxygens (including phenoxy) is 4. The van der Waals surface area contributed by atoms with Crippen LogP contribution in [-0.2, 0) is 4.74 Å². The fraction of sp³-hybridized carbons (Fsp3) is 0.421. The van der Waals surface area contributed by atoms with Crippen molar-refractivity contribution in [2.45, 2.75) is 24.2 Å². The monoisotopic (exact) mass is 417 g/mol. The lowest BCUT2D eigenvalue weighted by Crippen LogP contribution is -2.07. The third-order valence-corrected chi connectivity index (χ3v) is 5.27. The summed E-state index contributed by atoms with van der Waals surface area (Å²) >= 11 is 1.47. The fourth-order valence-electron chi connectivity index (χ4n) is 3.36. The summed E-state index contributed by atoms with van der Waals surface area (Å²) in [6.07, 6.45) is 5.64. The summed E-state index contributed by atoms with van der Waals surface area (Å²) in [6.45, 7) is 0.751. The number of thioether (sulfide) groups is 1. The van der Waals surface area contributed by atoms with Crippen molar-refractivity contribution in [3.63, 3.8) is 0 Å². The van der Waals surface area contributed by atoms with Crippen LogP contribution >= 0.6 is 11.8 Å². The van der Waals surface area contributed by atoms with E-state index in [2.05, 4.69) is 20.3 Å². The van der Waals surface area contributed by atoms with E-state index < -0.39 is 0 Å². The molecule has 0 bridgehead atoms. The molecule has 3 heterocycles. The van der Waals surface area contributed by atoms with Gasteiger partial charge in [0.2, 0.25) is 5.75 Å². The van der Waals surface area contributed by atoms with E-state index in [1.165, 1.54) is 11.8 Å². The third kappa shape index (κ3) is 3.65. The lowest BCUT2D eigenvalue weighted by molar-refractivity contribution is 0.0592. The molecule has 1 N–H and O–H groups in total. The molecule has 154 valence electrons. The van der Waals surface area contributed by atoms with E-state index in [1.807, 2.05) is 23.0 Å². The second-order valence-corrected chi connectivity index (χ2v) is 7.16. The number of imidazole rings is 1. The molecular formula is C19H23N5O4S. The number of methoxy groups -OCH3 is 3. The molecule has 1 saturated heterocycles. The maximum atomic E-state index is 5.81. The second kappa shape index (κ2) is 8.34. The summed E-state index contributed by atoms with van der Waals surface area (Å²) in [7, 11) is 4.74. The highest BCUT2D eigenvalue weighted by molar-refractivity contribution is 7.98. The molecule has 29 heavy (non-hydrogen) atoms. The molecule has 0 saturated carbocycles. The summed E-state index contributed by atoms with van der Waals surface area (Å²) in [5.41, 5.74) is 2.15. The lowest BCUT2D eigenvalue weighted by Gasteiger charge is -2.15. The van der Waals surface area contributed by atoms with Crippen LogP contribution in [0.2, 0.25) is 0 Å². The van der Waals surface area contributed by atoms with E-state index >= 15 is 0 Å². The molecule has 1 unspecified atom stereocenters. The van der Waals surface area contributed by atoms with Crippen LogP contribution in [0.3, 0.4) is 0 Å². The Balaban J connectivity index is 1.78. The molecule has 1 aliphatic rings. The number of nitrogens with zero attached hydrogens (tertiary/aromatic N) is 4. The predicted molar refractivity (Wildman–Crippen MR) is 111 cm³/mol. The van der Waals surface area contributed by atoms with Gasteiger partial charge in [-0.25, -0.2) is 15.0 Å². The minimum absolute atomic E-state index is 0.0429. The van der Waals surface area contributed by atoms with Crippen molar-refractivity contribution >= 4 is 34.4 Å². The molecule has 0 amide bonds. The largest absolute Gasteiger partial charge is 0.493 e. The standard InChI is InChI=1S/C19H23N5O4S/c1-25-12-8-11(9-13(26-2)16(12)27-3)21-17-15-18(23-19(22-17)29-4)24(10-20-15)14-6-5-7-28-14/h8-10,14H,5-7H2,1-4H3,(H,21,22,23). The minimum Gasteiger partial charge on any atom is -0.493 e. The Hall–Kier alpha value is -2.72. The van der Waals surface area contributed by atoms with Gasteiger partial charge in [-0.1, -0.05) is 11.8 Å². The molecule has 2 aromatic heterocycles. The number of hydrogen-bond donors (Lipinski definition) is 1. The normalized spacial score (nSPS) is 16.2. The molecule has 1 aliphatic heterocycles. The molecule has 0 spiro atoms. The van der Waals surface area contributed by atoms with Gasteiger partial charge < -0.3 is 24.3 Å². The van der Waals surface area contributed by atoms with Crippen molar-refractivity contribution in [2.24, 2.45) is 0 Å². The van der Waals surface area contributed by atoms with Gasteiger partial charge in [0.05, 0.1) is 27.7 Å². The first-order chi connectivity index (χ1) is 14.2. The summed E-state index contributed by atoms with van der Waals surface area (Å²) in [4.78, 5) is 13.8. The Morgan fingerprint density at radius 3 is 2.48 bits per heavy atom. The smallest absolute Gasteiger partial charge is 0.203 e. The Morgan fingerprint density at radius 1 is 1.14 bits per heavy atom. The van der Waals surface area contributed by atoms with E-state index in [4.69, 9.17) is 18.9 Å². The Kier molecular flexibility index (Phi) is 5.63. The maximum absolute atomic E-state index is 5.81. The second-order valence-electron chi connectivity index (χ2n) is 6.39. The zero-order valence-electron chi connectivity index (χ0n) is 16.8. The average molecular weight is 417 g/mol. The number of nitrogens with one attached hydrogen (secondary N) is 1. The number of hydrogen-bond acceptors (Lipinski definition) is 9. The predicted octanol–water partition coefficient (Wildman–Crippen LogP) is 3.63. The molecular weight excluding hydrogens is 394 g/mol. The summed E-state index contributed by atoms with van der Waals surface area (Å²) < 4.78 is 24.1. The van der Waals surface area contributed by atoms with Crippen molar-refractivity contribution in [1.82, 2.24) is 19.5 Å². The first-order valence-corrected chi connectivity index (χ1v) is 10.4. The van der Waals surface area contributed by atoms with E-state index in [0.29, 0.717) is 33.7 Å². The topological polar surface area (TPSA) is 92.6 Å². The molecule has 4 rings (SSSR count). The zero-order chi connectivity index (χ0) is 20.4. The van der Waals surface area contributed by atoms with Crippen LogP contribution in [0.15, 0.2) is 23.6 Å². The summed E-state index contributed by atoms with van der Waals surface area (Å²) in [6, 6.07) is 3.65. The molecule has 3 aromatic rings. The lowest BCUT2D eigenvalue weighted by atomic mass is 10.2.